The molecule has 5 nitrogen and oxygen atoms in total. The van der Waals surface area contributed by atoms with Crippen LogP contribution in [0.25, 0.3) is 21.3 Å². The molecule has 6 heteroatoms. The molecule has 4 aromatic rings. The maximum Gasteiger partial charge on any atom is 0.267 e. The summed E-state index contributed by atoms with van der Waals surface area (Å²) in [7, 11) is 0. The molecular formula is C19H20N4OS. The normalized spacial score (nSPS) is 11.4. The Bertz CT molecular complexity index is 1030. The Labute approximate surface area is 149 Å². The van der Waals surface area contributed by atoms with Crippen LogP contribution in [0.15, 0.2) is 48.1 Å². The van der Waals surface area contributed by atoms with Crippen LogP contribution in [0.5, 0.6) is 0 Å². The maximum absolute atomic E-state index is 12.5. The summed E-state index contributed by atoms with van der Waals surface area (Å²) in [5.74, 6) is 0.000684. The Balaban J connectivity index is 1.38. The third-order valence-corrected chi connectivity index (χ3v) is 5.31. The van der Waals surface area contributed by atoms with Gasteiger partial charge in [0.2, 0.25) is 0 Å². The van der Waals surface area contributed by atoms with Crippen molar-refractivity contribution in [2.75, 3.05) is 6.54 Å². The first-order valence-corrected chi connectivity index (χ1v) is 9.40. The average molecular weight is 352 g/mol. The number of fused-ring (bicyclic) bond motifs is 2. The van der Waals surface area contributed by atoms with Crippen molar-refractivity contribution in [2.45, 2.75) is 26.4 Å². The van der Waals surface area contributed by atoms with Gasteiger partial charge in [-0.3, -0.25) is 4.79 Å². The van der Waals surface area contributed by atoms with Gasteiger partial charge in [-0.1, -0.05) is 12.1 Å². The summed E-state index contributed by atoms with van der Waals surface area (Å²) < 4.78 is 5.37. The van der Waals surface area contributed by atoms with E-state index in [1.165, 1.54) is 0 Å². The van der Waals surface area contributed by atoms with Crippen molar-refractivity contribution < 1.29 is 4.79 Å². The number of hydrogen-bond acceptors (Lipinski definition) is 3. The van der Waals surface area contributed by atoms with Gasteiger partial charge in [-0.05, 0) is 43.0 Å². The highest BCUT2D eigenvalue weighted by atomic mass is 32.1. The van der Waals surface area contributed by atoms with E-state index in [0.717, 1.165) is 46.5 Å². The molecule has 0 spiro atoms. The monoisotopic (exact) mass is 352 g/mol. The molecule has 0 fully saturated rings. The van der Waals surface area contributed by atoms with Gasteiger partial charge in [0.1, 0.15) is 5.69 Å². The standard InChI is InChI=1S/C19H20N4OS/c1-2-23-16-8-11-25-18(16)12-17(23)19(24)20-9-5-10-22-13-21-14-6-3-4-7-15(14)22/h3-4,6-8,11-13H,2,5,9-10H2,1H3,(H,20,24). The zero-order valence-corrected chi connectivity index (χ0v) is 14.9. The third kappa shape index (κ3) is 2.93. The molecule has 0 saturated heterocycles. The number of aromatic nitrogens is 3. The zero-order chi connectivity index (χ0) is 17.2. The fraction of sp³-hybridized carbons (Fsp3) is 0.263. The van der Waals surface area contributed by atoms with Gasteiger partial charge in [-0.25, -0.2) is 4.98 Å². The summed E-state index contributed by atoms with van der Waals surface area (Å²) >= 11 is 1.67. The molecule has 0 radical (unpaired) electrons. The first kappa shape index (κ1) is 15.9. The fourth-order valence-electron chi connectivity index (χ4n) is 3.24. The van der Waals surface area contributed by atoms with Gasteiger partial charge < -0.3 is 14.5 Å². The lowest BCUT2D eigenvalue weighted by Crippen LogP contribution is -2.27. The molecule has 0 aliphatic rings. The number of thiophene rings is 1. The molecule has 3 heterocycles. The minimum Gasteiger partial charge on any atom is -0.351 e. The van der Waals surface area contributed by atoms with E-state index in [1.54, 1.807) is 11.3 Å². The molecule has 128 valence electrons. The van der Waals surface area contributed by atoms with Crippen LogP contribution in [0.2, 0.25) is 0 Å². The van der Waals surface area contributed by atoms with Crippen LogP contribution < -0.4 is 5.32 Å². The predicted molar refractivity (Wildman–Crippen MR) is 102 cm³/mol. The highest BCUT2D eigenvalue weighted by Gasteiger charge is 2.14. The zero-order valence-electron chi connectivity index (χ0n) is 14.1. The van der Waals surface area contributed by atoms with E-state index in [2.05, 4.69) is 43.9 Å². The summed E-state index contributed by atoms with van der Waals surface area (Å²) in [4.78, 5) is 16.9. The minimum absolute atomic E-state index is 0.000684. The van der Waals surface area contributed by atoms with E-state index in [-0.39, 0.29) is 5.91 Å². The van der Waals surface area contributed by atoms with Gasteiger partial charge >= 0.3 is 0 Å². The SMILES string of the molecule is CCn1c(C(=O)NCCCn2cnc3ccccc32)cc2sccc21. The average Bonchev–Trinajstić information content (AvgIpc) is 3.32. The van der Waals surface area contributed by atoms with Gasteiger partial charge in [-0.15, -0.1) is 11.3 Å². The summed E-state index contributed by atoms with van der Waals surface area (Å²) in [6.07, 6.45) is 2.73. The third-order valence-electron chi connectivity index (χ3n) is 4.46. The lowest BCUT2D eigenvalue weighted by atomic mass is 10.3. The second kappa shape index (κ2) is 6.72. The Morgan fingerprint density at radius 2 is 2.12 bits per heavy atom. The molecule has 1 N–H and O–H groups in total. The van der Waals surface area contributed by atoms with Crippen LogP contribution in [-0.4, -0.2) is 26.6 Å². The summed E-state index contributed by atoms with van der Waals surface area (Å²) in [6, 6.07) is 12.2. The topological polar surface area (TPSA) is 51.9 Å². The first-order chi connectivity index (χ1) is 12.3. The number of nitrogens with one attached hydrogen (secondary N) is 1. The van der Waals surface area contributed by atoms with Crippen molar-refractivity contribution in [3.8, 4) is 0 Å². The lowest BCUT2D eigenvalue weighted by molar-refractivity contribution is 0.0944. The van der Waals surface area contributed by atoms with Crippen molar-refractivity contribution in [3.05, 3.63) is 53.8 Å². The largest absolute Gasteiger partial charge is 0.351 e. The highest BCUT2D eigenvalue weighted by molar-refractivity contribution is 7.17. The summed E-state index contributed by atoms with van der Waals surface area (Å²) in [5.41, 5.74) is 4.03. The Morgan fingerprint density at radius 1 is 1.24 bits per heavy atom. The molecule has 1 aromatic carbocycles. The van der Waals surface area contributed by atoms with Gasteiger partial charge in [0.25, 0.3) is 5.91 Å². The molecule has 0 unspecified atom stereocenters. The van der Waals surface area contributed by atoms with Crippen molar-refractivity contribution in [3.63, 3.8) is 0 Å². The Hall–Kier alpha value is -2.60. The molecule has 0 bridgehead atoms. The molecule has 0 saturated carbocycles. The van der Waals surface area contributed by atoms with Gasteiger partial charge in [0.15, 0.2) is 0 Å². The minimum atomic E-state index is 0.000684. The molecular weight excluding hydrogens is 332 g/mol. The van der Waals surface area contributed by atoms with Gasteiger partial charge in [0.05, 0.1) is 27.6 Å². The first-order valence-electron chi connectivity index (χ1n) is 8.52. The van der Waals surface area contributed by atoms with E-state index < -0.39 is 0 Å². The molecule has 3 aromatic heterocycles. The van der Waals surface area contributed by atoms with E-state index in [0.29, 0.717) is 6.54 Å². The van der Waals surface area contributed by atoms with Gasteiger partial charge in [-0.2, -0.15) is 0 Å². The second-order valence-corrected chi connectivity index (χ2v) is 6.93. The van der Waals surface area contributed by atoms with E-state index in [4.69, 9.17) is 0 Å². The quantitative estimate of drug-likeness (QED) is 0.535. The van der Waals surface area contributed by atoms with Crippen molar-refractivity contribution in [1.29, 1.82) is 0 Å². The van der Waals surface area contributed by atoms with E-state index in [9.17, 15) is 4.79 Å². The molecule has 25 heavy (non-hydrogen) atoms. The predicted octanol–water partition coefficient (Wildman–Crippen LogP) is 3.89. The summed E-state index contributed by atoms with van der Waals surface area (Å²) in [5, 5.41) is 5.11. The van der Waals surface area contributed by atoms with Crippen molar-refractivity contribution in [2.24, 2.45) is 0 Å². The van der Waals surface area contributed by atoms with Crippen molar-refractivity contribution in [1.82, 2.24) is 19.4 Å². The molecule has 0 atom stereocenters. The number of aryl methyl sites for hydroxylation is 2. The van der Waals surface area contributed by atoms with Crippen LogP contribution in [0.1, 0.15) is 23.8 Å². The fourth-order valence-corrected chi connectivity index (χ4v) is 4.06. The number of imidazole rings is 1. The number of para-hydroxylation sites is 2. The maximum atomic E-state index is 12.5. The number of nitrogens with zero attached hydrogens (tertiary/aromatic N) is 3. The Morgan fingerprint density at radius 3 is 3.00 bits per heavy atom. The van der Waals surface area contributed by atoms with Crippen molar-refractivity contribution >= 4 is 38.5 Å². The van der Waals surface area contributed by atoms with Crippen LogP contribution in [0, 0.1) is 0 Å². The van der Waals surface area contributed by atoms with Crippen LogP contribution in [-0.2, 0) is 13.1 Å². The molecule has 4 rings (SSSR count). The second-order valence-electron chi connectivity index (χ2n) is 5.98. The highest BCUT2D eigenvalue weighted by Crippen LogP contribution is 2.25. The molecule has 1 amide bonds. The number of benzene rings is 1. The summed E-state index contributed by atoms with van der Waals surface area (Å²) in [6.45, 7) is 4.35. The number of carbonyl (C=O) groups is 1. The van der Waals surface area contributed by atoms with Crippen LogP contribution in [0.4, 0.5) is 0 Å². The number of carbonyl (C=O) groups excluding carboxylic acids is 1. The van der Waals surface area contributed by atoms with Crippen LogP contribution in [0.3, 0.4) is 0 Å². The Kier molecular flexibility index (Phi) is 4.28. The molecule has 0 aliphatic heterocycles. The number of hydrogen-bond donors (Lipinski definition) is 1. The smallest absolute Gasteiger partial charge is 0.267 e. The number of rotatable bonds is 6. The molecule has 0 aliphatic carbocycles. The number of amides is 1. The lowest BCUT2D eigenvalue weighted by Gasteiger charge is -2.09. The van der Waals surface area contributed by atoms with E-state index in [1.807, 2.05) is 30.6 Å². The van der Waals surface area contributed by atoms with E-state index >= 15 is 0 Å². The van der Waals surface area contributed by atoms with Gasteiger partial charge in [0, 0.05) is 19.6 Å². The van der Waals surface area contributed by atoms with Crippen LogP contribution >= 0.6 is 11.3 Å².